The predicted octanol–water partition coefficient (Wildman–Crippen LogP) is 3.37. The Hall–Kier alpha value is -3.13. The Morgan fingerprint density at radius 2 is 2.03 bits per heavy atom. The van der Waals surface area contributed by atoms with Gasteiger partial charge in [0.05, 0.1) is 16.6 Å². The fraction of sp³-hybridized carbons (Fsp3) is 0.364. The van der Waals surface area contributed by atoms with Crippen molar-refractivity contribution in [2.75, 3.05) is 6.54 Å². The predicted molar refractivity (Wildman–Crippen MR) is 113 cm³/mol. The molecule has 30 heavy (non-hydrogen) atoms. The van der Waals surface area contributed by atoms with Crippen molar-refractivity contribution in [1.82, 2.24) is 29.7 Å². The summed E-state index contributed by atoms with van der Waals surface area (Å²) in [7, 11) is 0. The summed E-state index contributed by atoms with van der Waals surface area (Å²) in [5.41, 5.74) is 2.44. The minimum atomic E-state index is -0.444. The smallest absolute Gasteiger partial charge is 0.258 e. The molecule has 2 fully saturated rings. The van der Waals surface area contributed by atoms with Gasteiger partial charge in [-0.05, 0) is 51.3 Å². The summed E-state index contributed by atoms with van der Waals surface area (Å²) in [5.74, 6) is -0.0922. The van der Waals surface area contributed by atoms with Gasteiger partial charge < -0.3 is 14.7 Å². The quantitative estimate of drug-likeness (QED) is 0.506. The molecule has 5 heterocycles. The molecule has 1 aliphatic carbocycles. The van der Waals surface area contributed by atoms with Crippen molar-refractivity contribution in [2.45, 2.75) is 44.6 Å². The van der Waals surface area contributed by atoms with Crippen LogP contribution in [0.1, 0.15) is 37.8 Å². The number of rotatable bonds is 1. The molecule has 154 valence electrons. The lowest BCUT2D eigenvalue weighted by atomic mass is 10.0. The SMILES string of the molecule is C1CCC2(CC2)NC1.Cc1cn2cc(-c3ncc4c(=O)[nH]ccc4n3)cc(F)c2n1. The van der Waals surface area contributed by atoms with Crippen molar-refractivity contribution in [3.05, 3.63) is 58.8 Å². The molecule has 8 heteroatoms. The van der Waals surface area contributed by atoms with Crippen molar-refractivity contribution in [3.63, 3.8) is 0 Å². The van der Waals surface area contributed by atoms with Gasteiger partial charge in [-0.1, -0.05) is 6.42 Å². The molecule has 4 aromatic rings. The highest BCUT2D eigenvalue weighted by Gasteiger charge is 2.42. The van der Waals surface area contributed by atoms with Gasteiger partial charge in [0.15, 0.2) is 17.3 Å². The third-order valence-electron chi connectivity index (χ3n) is 5.84. The van der Waals surface area contributed by atoms with Crippen molar-refractivity contribution in [3.8, 4) is 11.4 Å². The highest BCUT2D eigenvalue weighted by atomic mass is 19.1. The van der Waals surface area contributed by atoms with Crippen LogP contribution in [0.25, 0.3) is 27.9 Å². The molecular weight excluding hydrogens is 383 g/mol. The van der Waals surface area contributed by atoms with E-state index >= 15 is 0 Å². The van der Waals surface area contributed by atoms with Crippen molar-refractivity contribution >= 4 is 16.6 Å². The van der Waals surface area contributed by atoms with Gasteiger partial charge in [-0.25, -0.2) is 19.3 Å². The lowest BCUT2D eigenvalue weighted by Crippen LogP contribution is -2.35. The maximum Gasteiger partial charge on any atom is 0.258 e. The summed E-state index contributed by atoms with van der Waals surface area (Å²) in [5, 5.41) is 3.96. The number of piperidine rings is 1. The Labute approximate surface area is 172 Å². The van der Waals surface area contributed by atoms with E-state index in [0.717, 1.165) is 5.69 Å². The number of halogens is 1. The standard InChI is InChI=1S/C15H10FN5O.C7H13N/c1-8-6-21-7-9(4-11(16)14(21)19-8)13-18-5-10-12(20-13)2-3-17-15(10)22;1-2-6-8-7(3-1)4-5-7/h2-7H,1H3,(H,17,22);8H,1-6H2. The molecule has 1 aliphatic heterocycles. The fourth-order valence-corrected chi connectivity index (χ4v) is 4.02. The molecule has 7 nitrogen and oxygen atoms in total. The van der Waals surface area contributed by atoms with Crippen LogP contribution in [-0.2, 0) is 0 Å². The summed E-state index contributed by atoms with van der Waals surface area (Å²) >= 11 is 0. The maximum atomic E-state index is 14.1. The Kier molecular flexibility index (Phi) is 4.58. The molecular formula is C22H23FN6O. The van der Waals surface area contributed by atoms with Crippen molar-refractivity contribution < 1.29 is 4.39 Å². The minimum Gasteiger partial charge on any atom is -0.328 e. The van der Waals surface area contributed by atoms with E-state index in [1.165, 1.54) is 57.1 Å². The first-order chi connectivity index (χ1) is 14.5. The second kappa shape index (κ2) is 7.28. The number of H-pyrrole nitrogens is 1. The normalized spacial score (nSPS) is 17.1. The van der Waals surface area contributed by atoms with E-state index in [4.69, 9.17) is 0 Å². The van der Waals surface area contributed by atoms with Gasteiger partial charge in [-0.3, -0.25) is 4.79 Å². The molecule has 6 rings (SSSR count). The molecule has 0 amide bonds. The monoisotopic (exact) mass is 406 g/mol. The first-order valence-electron chi connectivity index (χ1n) is 10.3. The molecule has 0 radical (unpaired) electrons. The number of aryl methyl sites for hydroxylation is 1. The average Bonchev–Trinajstić information content (AvgIpc) is 3.37. The molecule has 4 aromatic heterocycles. The first-order valence-corrected chi connectivity index (χ1v) is 10.3. The number of hydrogen-bond donors (Lipinski definition) is 2. The number of fused-ring (bicyclic) bond motifs is 2. The molecule has 1 saturated carbocycles. The zero-order valence-corrected chi connectivity index (χ0v) is 16.8. The van der Waals surface area contributed by atoms with Gasteiger partial charge in [0, 0.05) is 35.9 Å². The fourth-order valence-electron chi connectivity index (χ4n) is 4.02. The van der Waals surface area contributed by atoms with Crippen LogP contribution in [0, 0.1) is 12.7 Å². The van der Waals surface area contributed by atoms with Crippen LogP contribution in [-0.4, -0.2) is 36.4 Å². The summed E-state index contributed by atoms with van der Waals surface area (Å²) in [6.07, 6.45) is 13.6. The number of hydrogen-bond acceptors (Lipinski definition) is 5. The number of pyridine rings is 2. The van der Waals surface area contributed by atoms with Crippen LogP contribution in [0.15, 0.2) is 41.7 Å². The molecule has 0 atom stereocenters. The van der Waals surface area contributed by atoms with Crippen LogP contribution in [0.4, 0.5) is 4.39 Å². The van der Waals surface area contributed by atoms with E-state index < -0.39 is 5.82 Å². The maximum absolute atomic E-state index is 14.1. The summed E-state index contributed by atoms with van der Waals surface area (Å²) < 4.78 is 15.7. The van der Waals surface area contributed by atoms with Gasteiger partial charge in [-0.15, -0.1) is 0 Å². The second-order valence-corrected chi connectivity index (χ2v) is 8.15. The molecule has 2 N–H and O–H groups in total. The summed E-state index contributed by atoms with van der Waals surface area (Å²) in [6, 6.07) is 3.02. The number of imidazole rings is 1. The number of nitrogens with zero attached hydrogens (tertiary/aromatic N) is 4. The van der Waals surface area contributed by atoms with Gasteiger partial charge in [0.1, 0.15) is 0 Å². The van der Waals surface area contributed by atoms with E-state index in [0.29, 0.717) is 27.8 Å². The van der Waals surface area contributed by atoms with E-state index in [2.05, 4.69) is 25.3 Å². The molecule has 1 saturated heterocycles. The van der Waals surface area contributed by atoms with Crippen LogP contribution in [0.3, 0.4) is 0 Å². The van der Waals surface area contributed by atoms with E-state index in [1.807, 2.05) is 0 Å². The molecule has 0 unspecified atom stereocenters. The van der Waals surface area contributed by atoms with Crippen LogP contribution < -0.4 is 10.9 Å². The molecule has 0 aromatic carbocycles. The Balaban J connectivity index is 0.000000200. The third kappa shape index (κ3) is 3.59. The van der Waals surface area contributed by atoms with E-state index in [1.54, 1.807) is 29.8 Å². The lowest BCUT2D eigenvalue weighted by molar-refractivity contribution is 0.385. The number of aromatic nitrogens is 5. The van der Waals surface area contributed by atoms with Gasteiger partial charge in [0.2, 0.25) is 0 Å². The molecule has 0 bridgehead atoms. The van der Waals surface area contributed by atoms with Crippen molar-refractivity contribution in [1.29, 1.82) is 0 Å². The van der Waals surface area contributed by atoms with Gasteiger partial charge in [-0.2, -0.15) is 0 Å². The Morgan fingerprint density at radius 1 is 1.17 bits per heavy atom. The van der Waals surface area contributed by atoms with Crippen LogP contribution in [0.2, 0.25) is 0 Å². The van der Waals surface area contributed by atoms with Crippen LogP contribution in [0.5, 0.6) is 0 Å². The van der Waals surface area contributed by atoms with Crippen molar-refractivity contribution in [2.24, 2.45) is 0 Å². The highest BCUT2D eigenvalue weighted by Crippen LogP contribution is 2.41. The summed E-state index contributed by atoms with van der Waals surface area (Å²) in [6.45, 7) is 3.07. The number of aromatic amines is 1. The van der Waals surface area contributed by atoms with Gasteiger partial charge >= 0.3 is 0 Å². The number of nitrogens with one attached hydrogen (secondary N) is 2. The average molecular weight is 406 g/mol. The molecule has 2 aliphatic rings. The molecule has 1 spiro atoms. The highest BCUT2D eigenvalue weighted by molar-refractivity contribution is 5.78. The first kappa shape index (κ1) is 18.9. The zero-order valence-electron chi connectivity index (χ0n) is 16.8. The minimum absolute atomic E-state index is 0.254. The topological polar surface area (TPSA) is 88.0 Å². The largest absolute Gasteiger partial charge is 0.328 e. The van der Waals surface area contributed by atoms with Crippen LogP contribution >= 0.6 is 0 Å². The Morgan fingerprint density at radius 3 is 2.77 bits per heavy atom. The zero-order chi connectivity index (χ0) is 20.7. The second-order valence-electron chi connectivity index (χ2n) is 8.15. The third-order valence-corrected chi connectivity index (χ3v) is 5.84. The van der Waals surface area contributed by atoms with Gasteiger partial charge in [0.25, 0.3) is 5.56 Å². The Bertz CT molecular complexity index is 1280. The van der Waals surface area contributed by atoms with E-state index in [9.17, 15) is 9.18 Å². The van der Waals surface area contributed by atoms with E-state index in [-0.39, 0.29) is 11.2 Å². The summed E-state index contributed by atoms with van der Waals surface area (Å²) in [4.78, 5) is 26.8. The lowest BCUT2D eigenvalue weighted by Gasteiger charge is -2.22.